The third kappa shape index (κ3) is 3.42. The topological polar surface area (TPSA) is 81.2 Å². The van der Waals surface area contributed by atoms with E-state index in [4.69, 9.17) is 4.74 Å². The number of methoxy groups -OCH3 is 1. The first-order chi connectivity index (χ1) is 9.01. The fourth-order valence-corrected chi connectivity index (χ4v) is 2.86. The van der Waals surface area contributed by atoms with Crippen LogP contribution in [-0.2, 0) is 10.0 Å². The van der Waals surface area contributed by atoms with E-state index in [1.165, 1.54) is 31.8 Å². The quantitative estimate of drug-likeness (QED) is 0.918. The molecule has 8 heteroatoms. The predicted molar refractivity (Wildman–Crippen MR) is 73.5 cm³/mol. The first-order valence-electron chi connectivity index (χ1n) is 5.15. The molecule has 19 heavy (non-hydrogen) atoms. The number of nitrogens with zero attached hydrogens (tertiary/aromatic N) is 2. The van der Waals surface area contributed by atoms with Gasteiger partial charge in [0.05, 0.1) is 19.0 Å². The van der Waals surface area contributed by atoms with Crippen LogP contribution in [0, 0.1) is 0 Å². The number of pyridine rings is 2. The monoisotopic (exact) mass is 343 g/mol. The molecule has 0 fully saturated rings. The maximum absolute atomic E-state index is 12.1. The Bertz CT molecular complexity index is 674. The second-order valence-corrected chi connectivity index (χ2v) is 6.13. The van der Waals surface area contributed by atoms with Crippen LogP contribution < -0.4 is 9.46 Å². The highest BCUT2D eigenvalue weighted by Gasteiger charge is 2.15. The van der Waals surface area contributed by atoms with Crippen LogP contribution in [0.2, 0.25) is 0 Å². The highest BCUT2D eigenvalue weighted by atomic mass is 79.9. The normalized spacial score (nSPS) is 11.1. The Balaban J connectivity index is 2.25. The summed E-state index contributed by atoms with van der Waals surface area (Å²) >= 11 is 3.18. The summed E-state index contributed by atoms with van der Waals surface area (Å²) in [5.41, 5.74) is 0.348. The SMILES string of the molecule is COc1ccc(NS(=O)(=O)c2cncc(Br)c2)cn1. The zero-order valence-electron chi connectivity index (χ0n) is 9.87. The van der Waals surface area contributed by atoms with Crippen LogP contribution in [0.1, 0.15) is 0 Å². The van der Waals surface area contributed by atoms with E-state index < -0.39 is 10.0 Å². The Kier molecular flexibility index (Phi) is 4.01. The van der Waals surface area contributed by atoms with E-state index in [9.17, 15) is 8.42 Å². The molecule has 0 aliphatic carbocycles. The van der Waals surface area contributed by atoms with E-state index in [1.807, 2.05) is 0 Å². The molecular formula is C11H10BrN3O3S. The number of ether oxygens (including phenoxy) is 1. The first-order valence-corrected chi connectivity index (χ1v) is 7.42. The maximum Gasteiger partial charge on any atom is 0.263 e. The van der Waals surface area contributed by atoms with Gasteiger partial charge in [-0.1, -0.05) is 0 Å². The van der Waals surface area contributed by atoms with Gasteiger partial charge in [-0.2, -0.15) is 0 Å². The van der Waals surface area contributed by atoms with Gasteiger partial charge in [0.25, 0.3) is 10.0 Å². The van der Waals surface area contributed by atoms with Crippen molar-refractivity contribution in [3.8, 4) is 5.88 Å². The molecule has 2 heterocycles. The summed E-state index contributed by atoms with van der Waals surface area (Å²) in [7, 11) is -2.19. The fraction of sp³-hybridized carbons (Fsp3) is 0.0909. The van der Waals surface area contributed by atoms with Crippen LogP contribution in [0.25, 0.3) is 0 Å². The van der Waals surface area contributed by atoms with Crippen molar-refractivity contribution in [1.82, 2.24) is 9.97 Å². The molecule has 2 aromatic rings. The Morgan fingerprint density at radius 2 is 2.05 bits per heavy atom. The van der Waals surface area contributed by atoms with E-state index in [0.29, 0.717) is 16.0 Å². The van der Waals surface area contributed by atoms with Crippen molar-refractivity contribution < 1.29 is 13.2 Å². The lowest BCUT2D eigenvalue weighted by atomic mass is 10.4. The van der Waals surface area contributed by atoms with Gasteiger partial charge in [-0.25, -0.2) is 13.4 Å². The van der Waals surface area contributed by atoms with Crippen molar-refractivity contribution >= 4 is 31.6 Å². The summed E-state index contributed by atoms with van der Waals surface area (Å²) < 4.78 is 32.0. The lowest BCUT2D eigenvalue weighted by Crippen LogP contribution is -2.13. The third-order valence-electron chi connectivity index (χ3n) is 2.19. The number of anilines is 1. The number of hydrogen-bond donors (Lipinski definition) is 1. The lowest BCUT2D eigenvalue weighted by Gasteiger charge is -2.08. The van der Waals surface area contributed by atoms with Gasteiger partial charge in [-0.3, -0.25) is 9.71 Å². The van der Waals surface area contributed by atoms with Gasteiger partial charge in [-0.15, -0.1) is 0 Å². The molecule has 6 nitrogen and oxygen atoms in total. The minimum absolute atomic E-state index is 0.0673. The number of halogens is 1. The summed E-state index contributed by atoms with van der Waals surface area (Å²) in [6.07, 6.45) is 4.15. The fourth-order valence-electron chi connectivity index (χ4n) is 1.31. The molecule has 0 aliphatic heterocycles. The van der Waals surface area contributed by atoms with E-state index in [-0.39, 0.29) is 4.90 Å². The van der Waals surface area contributed by atoms with Crippen LogP contribution in [0.4, 0.5) is 5.69 Å². The molecular weight excluding hydrogens is 334 g/mol. The Morgan fingerprint density at radius 1 is 1.26 bits per heavy atom. The molecule has 0 saturated carbocycles. The predicted octanol–water partition coefficient (Wildman–Crippen LogP) is 2.05. The van der Waals surface area contributed by atoms with E-state index in [2.05, 4.69) is 30.6 Å². The molecule has 0 radical (unpaired) electrons. The van der Waals surface area contributed by atoms with Crippen LogP contribution >= 0.6 is 15.9 Å². The van der Waals surface area contributed by atoms with Gasteiger partial charge in [0.2, 0.25) is 5.88 Å². The van der Waals surface area contributed by atoms with Gasteiger partial charge in [0.1, 0.15) is 4.90 Å². The zero-order valence-corrected chi connectivity index (χ0v) is 12.3. The van der Waals surface area contributed by atoms with Crippen LogP contribution in [0.3, 0.4) is 0 Å². The molecule has 0 atom stereocenters. The van der Waals surface area contributed by atoms with Gasteiger partial charge in [-0.05, 0) is 28.1 Å². The molecule has 1 N–H and O–H groups in total. The molecule has 0 aromatic carbocycles. The Morgan fingerprint density at radius 3 is 2.63 bits per heavy atom. The van der Waals surface area contributed by atoms with Crippen molar-refractivity contribution in [2.75, 3.05) is 11.8 Å². The minimum atomic E-state index is -3.68. The van der Waals surface area contributed by atoms with Gasteiger partial charge in [0, 0.05) is 22.9 Å². The number of rotatable bonds is 4. The highest BCUT2D eigenvalue weighted by molar-refractivity contribution is 9.10. The van der Waals surface area contributed by atoms with Gasteiger partial charge < -0.3 is 4.74 Å². The second kappa shape index (κ2) is 5.54. The average Bonchev–Trinajstić information content (AvgIpc) is 2.39. The van der Waals surface area contributed by atoms with Crippen LogP contribution in [0.15, 0.2) is 46.2 Å². The molecule has 2 rings (SSSR count). The smallest absolute Gasteiger partial charge is 0.263 e. The maximum atomic E-state index is 12.1. The number of sulfonamides is 1. The molecule has 100 valence electrons. The molecule has 0 aliphatic rings. The van der Waals surface area contributed by atoms with Crippen molar-refractivity contribution in [3.05, 3.63) is 41.3 Å². The van der Waals surface area contributed by atoms with Crippen molar-refractivity contribution in [2.24, 2.45) is 0 Å². The number of aromatic nitrogens is 2. The van der Waals surface area contributed by atoms with Crippen LogP contribution in [-0.4, -0.2) is 25.5 Å². The number of nitrogens with one attached hydrogen (secondary N) is 1. The molecule has 0 amide bonds. The van der Waals surface area contributed by atoms with Gasteiger partial charge in [0.15, 0.2) is 0 Å². The second-order valence-electron chi connectivity index (χ2n) is 3.53. The molecule has 0 bridgehead atoms. The van der Waals surface area contributed by atoms with Crippen molar-refractivity contribution in [2.45, 2.75) is 4.90 Å². The molecule has 0 saturated heterocycles. The van der Waals surface area contributed by atoms with E-state index in [1.54, 1.807) is 12.1 Å². The molecule has 0 unspecified atom stereocenters. The summed E-state index contributed by atoms with van der Waals surface area (Å²) in [6.45, 7) is 0. The summed E-state index contributed by atoms with van der Waals surface area (Å²) in [5, 5.41) is 0. The number of hydrogen-bond acceptors (Lipinski definition) is 5. The minimum Gasteiger partial charge on any atom is -0.481 e. The highest BCUT2D eigenvalue weighted by Crippen LogP contribution is 2.18. The standard InChI is InChI=1S/C11H10BrN3O3S/c1-18-11-3-2-9(6-14-11)15-19(16,17)10-4-8(12)5-13-7-10/h2-7,15H,1H3. The Labute approximate surface area is 119 Å². The lowest BCUT2D eigenvalue weighted by molar-refractivity contribution is 0.398. The molecule has 2 aromatic heterocycles. The third-order valence-corrected chi connectivity index (χ3v) is 3.97. The van der Waals surface area contributed by atoms with E-state index >= 15 is 0 Å². The van der Waals surface area contributed by atoms with Crippen LogP contribution in [0.5, 0.6) is 5.88 Å². The van der Waals surface area contributed by atoms with Crippen molar-refractivity contribution in [1.29, 1.82) is 0 Å². The first kappa shape index (κ1) is 13.8. The molecule has 0 spiro atoms. The van der Waals surface area contributed by atoms with Gasteiger partial charge >= 0.3 is 0 Å². The van der Waals surface area contributed by atoms with Crippen molar-refractivity contribution in [3.63, 3.8) is 0 Å². The average molecular weight is 344 g/mol. The zero-order chi connectivity index (χ0) is 13.9. The summed E-state index contributed by atoms with van der Waals surface area (Å²) in [4.78, 5) is 7.80. The largest absolute Gasteiger partial charge is 0.481 e. The summed E-state index contributed by atoms with van der Waals surface area (Å²) in [5.74, 6) is 0.409. The Hall–Kier alpha value is -1.67. The van der Waals surface area contributed by atoms with E-state index in [0.717, 1.165) is 0 Å². The summed E-state index contributed by atoms with van der Waals surface area (Å²) in [6, 6.07) is 4.60.